The van der Waals surface area contributed by atoms with Crippen LogP contribution in [0.1, 0.15) is 30.0 Å². The Bertz CT molecular complexity index is 998. The molecule has 0 fully saturated rings. The lowest BCUT2D eigenvalue weighted by Crippen LogP contribution is -2.33. The number of nitrogens with one attached hydrogen (secondary N) is 1. The predicted molar refractivity (Wildman–Crippen MR) is 124 cm³/mol. The van der Waals surface area contributed by atoms with E-state index in [4.69, 9.17) is 4.74 Å². The van der Waals surface area contributed by atoms with E-state index in [1.54, 1.807) is 12.1 Å². The zero-order chi connectivity index (χ0) is 22.3. The fourth-order valence-electron chi connectivity index (χ4n) is 3.54. The summed E-state index contributed by atoms with van der Waals surface area (Å²) < 4.78 is 45.1. The van der Waals surface area contributed by atoms with Crippen LogP contribution in [-0.2, 0) is 0 Å². The van der Waals surface area contributed by atoms with Crippen molar-refractivity contribution in [1.82, 2.24) is 5.32 Å². The average molecular weight is 424 g/mol. The van der Waals surface area contributed by atoms with Crippen LogP contribution >= 0.6 is 0 Å². The fourth-order valence-corrected chi connectivity index (χ4v) is 3.54. The summed E-state index contributed by atoms with van der Waals surface area (Å²) in [6, 6.07) is 23.1. The van der Waals surface area contributed by atoms with Gasteiger partial charge in [0.05, 0.1) is 0 Å². The molecule has 0 saturated carbocycles. The van der Waals surface area contributed by atoms with Gasteiger partial charge in [-0.05, 0) is 53.4 Å². The molecule has 0 aliphatic rings. The Morgan fingerprint density at radius 2 is 1.39 bits per heavy atom. The van der Waals surface area contributed by atoms with Crippen molar-refractivity contribution in [2.75, 3.05) is 20.2 Å². The summed E-state index contributed by atoms with van der Waals surface area (Å²) in [6.07, 6.45) is 0.741. The molecule has 0 spiro atoms. The highest BCUT2D eigenvalue weighted by Crippen LogP contribution is 2.35. The van der Waals surface area contributed by atoms with Gasteiger partial charge < -0.3 is 23.0 Å². The van der Waals surface area contributed by atoms with Crippen LogP contribution in [0.5, 0.6) is 5.75 Å². The Morgan fingerprint density at radius 1 is 0.806 bits per heavy atom. The first-order chi connectivity index (χ1) is 14.9. The van der Waals surface area contributed by atoms with Gasteiger partial charge in [-0.15, -0.1) is 5.46 Å². The molecule has 0 bridgehead atoms. The molecule has 0 amide bonds. The average Bonchev–Trinajstić information content (AvgIpc) is 2.78. The van der Waals surface area contributed by atoms with E-state index in [9.17, 15) is 12.9 Å². The third-order valence-corrected chi connectivity index (χ3v) is 5.12. The highest BCUT2D eigenvalue weighted by atomic mass is 19.4. The van der Waals surface area contributed by atoms with Crippen molar-refractivity contribution >= 4 is 23.6 Å². The third-order valence-electron chi connectivity index (χ3n) is 5.12. The maximum absolute atomic E-state index is 13.1. The van der Waals surface area contributed by atoms with E-state index in [0.29, 0.717) is 6.61 Å². The van der Waals surface area contributed by atoms with Crippen molar-refractivity contribution < 1.29 is 17.7 Å². The summed E-state index contributed by atoms with van der Waals surface area (Å²) in [7, 11) is 1.87. The van der Waals surface area contributed by atoms with E-state index >= 15 is 0 Å². The minimum Gasteiger partial charge on any atom is -0.492 e. The van der Waals surface area contributed by atoms with Gasteiger partial charge in [-0.2, -0.15) is 0 Å². The monoisotopic (exact) mass is 424 g/mol. The lowest BCUT2D eigenvalue weighted by molar-refractivity contribution is 0.318. The van der Waals surface area contributed by atoms with E-state index in [2.05, 4.69) is 12.2 Å². The molecule has 0 aliphatic carbocycles. The Balaban J connectivity index is 2.08. The Kier molecular flexibility index (Phi) is 7.58. The molecule has 0 saturated heterocycles. The molecule has 3 aromatic rings. The van der Waals surface area contributed by atoms with Crippen molar-refractivity contribution in [2.24, 2.45) is 0 Å². The van der Waals surface area contributed by atoms with Gasteiger partial charge in [-0.1, -0.05) is 73.7 Å². The van der Waals surface area contributed by atoms with Gasteiger partial charge in [-0.25, -0.2) is 0 Å². The molecular weight excluding hydrogens is 398 g/mol. The van der Waals surface area contributed by atoms with Crippen LogP contribution < -0.4 is 15.5 Å². The minimum atomic E-state index is -5.02. The topological polar surface area (TPSA) is 21.3 Å². The van der Waals surface area contributed by atoms with Crippen LogP contribution in [0.4, 0.5) is 12.9 Å². The maximum Gasteiger partial charge on any atom is 0.509 e. The van der Waals surface area contributed by atoms with Crippen LogP contribution in [0.2, 0.25) is 0 Å². The number of hydrogen-bond acceptors (Lipinski definition) is 2. The molecule has 6 heteroatoms. The standard InChI is InChI=1S/C25H26BF3NO/c1-3-24(19-7-5-4-6-8-19)25(20-9-13-22(14-10-20)26(27,28)29)21-11-15-23(16-12-21)31-18-17-30-2/h4-16,30H,3,17-18H2,1-2H3/q-1/b25-24+. The molecule has 0 aliphatic heterocycles. The molecule has 0 aromatic heterocycles. The van der Waals surface area contributed by atoms with Gasteiger partial charge in [-0.3, -0.25) is 0 Å². The van der Waals surface area contributed by atoms with Crippen LogP contribution in [0.15, 0.2) is 78.9 Å². The highest BCUT2D eigenvalue weighted by molar-refractivity contribution is 6.73. The predicted octanol–water partition coefficient (Wildman–Crippen LogP) is 5.71. The smallest absolute Gasteiger partial charge is 0.492 e. The fraction of sp³-hybridized carbons (Fsp3) is 0.200. The van der Waals surface area contributed by atoms with Gasteiger partial charge >= 0.3 is 6.98 Å². The molecule has 3 aromatic carbocycles. The first kappa shape index (κ1) is 22.7. The van der Waals surface area contributed by atoms with Crippen LogP contribution in [0.3, 0.4) is 0 Å². The Morgan fingerprint density at radius 3 is 1.90 bits per heavy atom. The SMILES string of the molecule is CC/C(=C(\c1ccc(OCCNC)cc1)c1ccc([B-](F)(F)F)cc1)c1ccccc1. The summed E-state index contributed by atoms with van der Waals surface area (Å²) in [4.78, 5) is 0. The molecule has 0 atom stereocenters. The van der Waals surface area contributed by atoms with Crippen molar-refractivity contribution in [2.45, 2.75) is 13.3 Å². The Labute approximate surface area is 181 Å². The first-order valence-electron chi connectivity index (χ1n) is 10.4. The van der Waals surface area contributed by atoms with Crippen LogP contribution in [0.25, 0.3) is 11.1 Å². The second-order valence-electron chi connectivity index (χ2n) is 7.25. The number of hydrogen-bond donors (Lipinski definition) is 1. The lowest BCUT2D eigenvalue weighted by atomic mass is 9.79. The van der Waals surface area contributed by atoms with E-state index in [1.165, 1.54) is 12.1 Å². The van der Waals surface area contributed by atoms with E-state index in [0.717, 1.165) is 46.6 Å². The van der Waals surface area contributed by atoms with E-state index < -0.39 is 12.4 Å². The minimum absolute atomic E-state index is 0.559. The molecule has 0 unspecified atom stereocenters. The van der Waals surface area contributed by atoms with Crippen molar-refractivity contribution in [3.05, 3.63) is 95.6 Å². The molecule has 3 rings (SSSR count). The lowest BCUT2D eigenvalue weighted by Gasteiger charge is -2.19. The maximum atomic E-state index is 13.1. The van der Waals surface area contributed by atoms with E-state index in [-0.39, 0.29) is 0 Å². The van der Waals surface area contributed by atoms with Gasteiger partial charge in [0.1, 0.15) is 12.4 Å². The largest absolute Gasteiger partial charge is 0.509 e. The molecule has 1 N–H and O–H groups in total. The number of ether oxygens (including phenoxy) is 1. The summed E-state index contributed by atoms with van der Waals surface area (Å²) in [5.41, 5.74) is 4.17. The second kappa shape index (κ2) is 10.4. The Hall–Kier alpha value is -2.99. The molecule has 31 heavy (non-hydrogen) atoms. The van der Waals surface area contributed by atoms with Crippen molar-refractivity contribution in [3.63, 3.8) is 0 Å². The van der Waals surface area contributed by atoms with Crippen molar-refractivity contribution in [1.29, 1.82) is 0 Å². The number of benzene rings is 3. The number of allylic oxidation sites excluding steroid dienone is 1. The molecule has 0 radical (unpaired) electrons. The molecular formula is C25H26BF3NO-. The highest BCUT2D eigenvalue weighted by Gasteiger charge is 2.25. The summed E-state index contributed by atoms with van der Waals surface area (Å²) in [5.74, 6) is 0.756. The van der Waals surface area contributed by atoms with Crippen LogP contribution in [0, 0.1) is 0 Å². The van der Waals surface area contributed by atoms with Gasteiger partial charge in [0.2, 0.25) is 0 Å². The quantitative estimate of drug-likeness (QED) is 0.270. The number of rotatable bonds is 9. The van der Waals surface area contributed by atoms with Gasteiger partial charge in [0, 0.05) is 6.54 Å². The zero-order valence-electron chi connectivity index (χ0n) is 17.7. The summed E-state index contributed by atoms with van der Waals surface area (Å²) in [6.45, 7) is -1.66. The molecule has 162 valence electrons. The number of likely N-dealkylation sites (N-methyl/N-ethyl adjacent to an activating group) is 1. The summed E-state index contributed by atoms with van der Waals surface area (Å²) in [5, 5.41) is 3.03. The first-order valence-corrected chi connectivity index (χ1v) is 10.4. The zero-order valence-corrected chi connectivity index (χ0v) is 17.7. The van der Waals surface area contributed by atoms with E-state index in [1.807, 2.05) is 61.6 Å². The van der Waals surface area contributed by atoms with Crippen LogP contribution in [-0.4, -0.2) is 27.2 Å². The summed E-state index contributed by atoms with van der Waals surface area (Å²) >= 11 is 0. The second-order valence-corrected chi connectivity index (χ2v) is 7.25. The van der Waals surface area contributed by atoms with Crippen molar-refractivity contribution in [3.8, 4) is 5.75 Å². The van der Waals surface area contributed by atoms with Gasteiger partial charge in [0.25, 0.3) is 0 Å². The van der Waals surface area contributed by atoms with Gasteiger partial charge in [0.15, 0.2) is 0 Å². The molecule has 0 heterocycles. The normalized spacial score (nSPS) is 12.4. The number of halogens is 3. The third kappa shape index (κ3) is 5.79. The molecule has 2 nitrogen and oxygen atoms in total.